The Hall–Kier alpha value is -0.0800. The molecule has 0 bridgehead atoms. The molecule has 0 radical (unpaired) electrons. The lowest BCUT2D eigenvalue weighted by Crippen LogP contribution is -2.56. The molecular weight excluding hydrogens is 148 g/mol. The lowest BCUT2D eigenvalue weighted by molar-refractivity contribution is 0.0476. The first-order chi connectivity index (χ1) is 5.28. The molecule has 0 aromatic heterocycles. The van der Waals surface area contributed by atoms with Crippen LogP contribution in [0.2, 0.25) is 0 Å². The molecular formula is C10H24N2. The fourth-order valence-corrected chi connectivity index (χ4v) is 1.19. The molecule has 0 aromatic rings. The highest BCUT2D eigenvalue weighted by Crippen LogP contribution is 2.24. The van der Waals surface area contributed by atoms with Crippen LogP contribution in [0.15, 0.2) is 0 Å². The maximum absolute atomic E-state index is 5.72. The summed E-state index contributed by atoms with van der Waals surface area (Å²) in [5.41, 5.74) is 6.05. The number of hydrogen-bond donors (Lipinski definition) is 1. The van der Waals surface area contributed by atoms with Crippen molar-refractivity contribution in [3.05, 3.63) is 0 Å². The van der Waals surface area contributed by atoms with Gasteiger partial charge in [0.25, 0.3) is 0 Å². The third-order valence-corrected chi connectivity index (χ3v) is 3.18. The van der Waals surface area contributed by atoms with Crippen LogP contribution in [0.5, 0.6) is 0 Å². The van der Waals surface area contributed by atoms with Crippen molar-refractivity contribution in [2.24, 2.45) is 5.73 Å². The summed E-state index contributed by atoms with van der Waals surface area (Å²) in [6.07, 6.45) is 1.15. The molecule has 2 heteroatoms. The highest BCUT2D eigenvalue weighted by Gasteiger charge is 2.32. The van der Waals surface area contributed by atoms with Gasteiger partial charge in [-0.2, -0.15) is 0 Å². The van der Waals surface area contributed by atoms with Crippen LogP contribution in [0.3, 0.4) is 0 Å². The third-order valence-electron chi connectivity index (χ3n) is 3.18. The van der Waals surface area contributed by atoms with Gasteiger partial charge in [-0.3, -0.25) is 4.90 Å². The van der Waals surface area contributed by atoms with Gasteiger partial charge in [-0.05, 0) is 41.2 Å². The van der Waals surface area contributed by atoms with Crippen molar-refractivity contribution in [1.29, 1.82) is 0 Å². The second-order valence-electron chi connectivity index (χ2n) is 4.74. The summed E-state index contributed by atoms with van der Waals surface area (Å²) in [7, 11) is 2.15. The van der Waals surface area contributed by atoms with E-state index in [-0.39, 0.29) is 11.1 Å². The van der Waals surface area contributed by atoms with E-state index >= 15 is 0 Å². The van der Waals surface area contributed by atoms with Crippen LogP contribution >= 0.6 is 0 Å². The van der Waals surface area contributed by atoms with Crippen LogP contribution in [-0.2, 0) is 0 Å². The molecule has 0 rings (SSSR count). The minimum atomic E-state index is 0.0967. The molecule has 74 valence electrons. The highest BCUT2D eigenvalue weighted by molar-refractivity contribution is 4.89. The monoisotopic (exact) mass is 172 g/mol. The number of nitrogens with two attached hydrogens (primary N) is 1. The Morgan fingerprint density at radius 3 is 1.75 bits per heavy atom. The SMILES string of the molecule is CCC(C)(C)N(C)C(C)(C)CN. The maximum atomic E-state index is 5.72. The molecule has 0 aliphatic heterocycles. The first-order valence-corrected chi connectivity index (χ1v) is 4.72. The van der Waals surface area contributed by atoms with Crippen molar-refractivity contribution < 1.29 is 0 Å². The summed E-state index contributed by atoms with van der Waals surface area (Å²) in [6.45, 7) is 11.8. The number of rotatable bonds is 4. The molecule has 0 saturated carbocycles. The molecule has 2 nitrogen and oxygen atoms in total. The highest BCUT2D eigenvalue weighted by atomic mass is 15.2. The molecule has 0 saturated heterocycles. The van der Waals surface area contributed by atoms with Crippen LogP contribution in [0.1, 0.15) is 41.0 Å². The molecule has 0 fully saturated rings. The Labute approximate surface area is 77.1 Å². The molecule has 12 heavy (non-hydrogen) atoms. The van der Waals surface area contributed by atoms with E-state index in [1.807, 2.05) is 0 Å². The molecule has 0 atom stereocenters. The predicted molar refractivity (Wildman–Crippen MR) is 55.3 cm³/mol. The van der Waals surface area contributed by atoms with Gasteiger partial charge < -0.3 is 5.73 Å². The van der Waals surface area contributed by atoms with E-state index in [4.69, 9.17) is 5.73 Å². The number of hydrogen-bond acceptors (Lipinski definition) is 2. The standard InChI is InChI=1S/C10H24N2/c1-7-9(2,3)12(6)10(4,5)8-11/h7-8,11H2,1-6H3. The largest absolute Gasteiger partial charge is 0.329 e. The second kappa shape index (κ2) is 3.75. The van der Waals surface area contributed by atoms with Crippen molar-refractivity contribution in [2.45, 2.75) is 52.1 Å². The van der Waals surface area contributed by atoms with Gasteiger partial charge in [0.05, 0.1) is 0 Å². The predicted octanol–water partition coefficient (Wildman–Crippen LogP) is 1.84. The van der Waals surface area contributed by atoms with Crippen molar-refractivity contribution >= 4 is 0 Å². The van der Waals surface area contributed by atoms with Crippen molar-refractivity contribution in [3.63, 3.8) is 0 Å². The summed E-state index contributed by atoms with van der Waals surface area (Å²) in [5, 5.41) is 0. The van der Waals surface area contributed by atoms with E-state index in [9.17, 15) is 0 Å². The average Bonchev–Trinajstić information content (AvgIpc) is 2.03. The van der Waals surface area contributed by atoms with Gasteiger partial charge in [0.2, 0.25) is 0 Å². The molecule has 0 amide bonds. The summed E-state index contributed by atoms with van der Waals surface area (Å²) >= 11 is 0. The van der Waals surface area contributed by atoms with E-state index < -0.39 is 0 Å². The Morgan fingerprint density at radius 2 is 1.50 bits per heavy atom. The zero-order chi connectivity index (χ0) is 9.99. The van der Waals surface area contributed by atoms with Crippen LogP contribution in [0.4, 0.5) is 0 Å². The fourth-order valence-electron chi connectivity index (χ4n) is 1.19. The van der Waals surface area contributed by atoms with Gasteiger partial charge in [0, 0.05) is 17.6 Å². The minimum Gasteiger partial charge on any atom is -0.329 e. The van der Waals surface area contributed by atoms with Crippen molar-refractivity contribution in [1.82, 2.24) is 4.90 Å². The average molecular weight is 172 g/mol. The summed E-state index contributed by atoms with van der Waals surface area (Å²) in [6, 6.07) is 0. The van der Waals surface area contributed by atoms with Crippen LogP contribution in [0, 0.1) is 0 Å². The first kappa shape index (κ1) is 11.9. The summed E-state index contributed by atoms with van der Waals surface area (Å²) in [5.74, 6) is 0. The van der Waals surface area contributed by atoms with Gasteiger partial charge in [-0.15, -0.1) is 0 Å². The van der Waals surface area contributed by atoms with Crippen molar-refractivity contribution in [3.8, 4) is 0 Å². The van der Waals surface area contributed by atoms with Gasteiger partial charge in [0.1, 0.15) is 0 Å². The minimum absolute atomic E-state index is 0.0967. The summed E-state index contributed by atoms with van der Waals surface area (Å²) < 4.78 is 0. The van der Waals surface area contributed by atoms with Gasteiger partial charge in [0.15, 0.2) is 0 Å². The Bertz CT molecular complexity index is 123. The second-order valence-corrected chi connectivity index (χ2v) is 4.74. The lowest BCUT2D eigenvalue weighted by Gasteiger charge is -2.45. The van der Waals surface area contributed by atoms with E-state index in [2.05, 4.69) is 46.6 Å². The molecule has 0 aromatic carbocycles. The van der Waals surface area contributed by atoms with E-state index in [0.29, 0.717) is 6.54 Å². The first-order valence-electron chi connectivity index (χ1n) is 4.72. The van der Waals surface area contributed by atoms with E-state index in [0.717, 1.165) is 6.42 Å². The van der Waals surface area contributed by atoms with Crippen molar-refractivity contribution in [2.75, 3.05) is 13.6 Å². The van der Waals surface area contributed by atoms with Gasteiger partial charge in [-0.25, -0.2) is 0 Å². The number of likely N-dealkylation sites (N-methyl/N-ethyl adjacent to an activating group) is 1. The van der Waals surface area contributed by atoms with Crippen LogP contribution in [-0.4, -0.2) is 29.6 Å². The van der Waals surface area contributed by atoms with Gasteiger partial charge >= 0.3 is 0 Å². The molecule has 0 spiro atoms. The normalized spacial score (nSPS) is 14.0. The van der Waals surface area contributed by atoms with Crippen LogP contribution in [0.25, 0.3) is 0 Å². The molecule has 0 unspecified atom stereocenters. The quantitative estimate of drug-likeness (QED) is 0.701. The Balaban J connectivity index is 4.47. The van der Waals surface area contributed by atoms with Gasteiger partial charge in [-0.1, -0.05) is 6.92 Å². The molecule has 0 aliphatic carbocycles. The molecule has 2 N–H and O–H groups in total. The topological polar surface area (TPSA) is 29.3 Å². The van der Waals surface area contributed by atoms with E-state index in [1.54, 1.807) is 0 Å². The number of nitrogens with zero attached hydrogens (tertiary/aromatic N) is 1. The maximum Gasteiger partial charge on any atom is 0.0277 e. The lowest BCUT2D eigenvalue weighted by atomic mass is 9.92. The molecule has 0 heterocycles. The molecule has 0 aliphatic rings. The Morgan fingerprint density at radius 1 is 1.08 bits per heavy atom. The van der Waals surface area contributed by atoms with Crippen LogP contribution < -0.4 is 5.73 Å². The zero-order valence-electron chi connectivity index (χ0n) is 9.44. The van der Waals surface area contributed by atoms with E-state index in [1.165, 1.54) is 0 Å². The summed E-state index contributed by atoms with van der Waals surface area (Å²) in [4.78, 5) is 2.36. The Kier molecular flexibility index (Phi) is 3.73. The smallest absolute Gasteiger partial charge is 0.0277 e. The fraction of sp³-hybridized carbons (Fsp3) is 1.00. The zero-order valence-corrected chi connectivity index (χ0v) is 9.44. The third kappa shape index (κ3) is 2.46.